The van der Waals surface area contributed by atoms with Crippen LogP contribution in [0.15, 0.2) is 12.3 Å². The van der Waals surface area contributed by atoms with Gasteiger partial charge in [-0.2, -0.15) is 0 Å². The normalized spacial score (nSPS) is 15.9. The Morgan fingerprint density at radius 3 is 2.85 bits per heavy atom. The average molecular weight is 297 g/mol. The second kappa shape index (κ2) is 7.45. The molecule has 2 rings (SSSR count). The van der Waals surface area contributed by atoms with Crippen LogP contribution in [0.4, 0.5) is 5.82 Å². The molecule has 0 aromatic carbocycles. The van der Waals surface area contributed by atoms with Crippen LogP contribution in [0.1, 0.15) is 43.0 Å². The molecule has 0 radical (unpaired) electrons. The van der Waals surface area contributed by atoms with Gasteiger partial charge in [-0.15, -0.1) is 0 Å². The van der Waals surface area contributed by atoms with Crippen molar-refractivity contribution < 1.29 is 4.79 Å². The lowest BCUT2D eigenvalue weighted by Gasteiger charge is -2.27. The molecule has 1 aromatic heterocycles. The number of anilines is 1. The molecule has 1 aromatic rings. The Morgan fingerprint density at radius 1 is 1.40 bits per heavy atom. The summed E-state index contributed by atoms with van der Waals surface area (Å²) in [5, 5.41) is 5.49. The summed E-state index contributed by atoms with van der Waals surface area (Å²) in [5.74, 6) is 0.513. The minimum Gasteiger partial charge on any atom is -0.370 e. The Morgan fingerprint density at radius 2 is 2.15 bits per heavy atom. The number of amides is 1. The number of pyridine rings is 1. The van der Waals surface area contributed by atoms with E-state index >= 15 is 0 Å². The van der Waals surface area contributed by atoms with Gasteiger partial charge in [0.1, 0.15) is 5.82 Å². The number of nitrogens with one attached hydrogen (secondary N) is 2. The zero-order valence-corrected chi connectivity index (χ0v) is 12.5. The van der Waals surface area contributed by atoms with Gasteiger partial charge in [0.2, 0.25) is 0 Å². The van der Waals surface area contributed by atoms with Crippen LogP contribution in [0, 0.1) is 0 Å². The molecule has 0 saturated carbocycles. The van der Waals surface area contributed by atoms with Gasteiger partial charge in [0.25, 0.3) is 5.91 Å². The van der Waals surface area contributed by atoms with Crippen molar-refractivity contribution in [3.05, 3.63) is 22.8 Å². The molecule has 0 atom stereocenters. The van der Waals surface area contributed by atoms with Gasteiger partial charge in [-0.05, 0) is 25.3 Å². The highest BCUT2D eigenvalue weighted by Gasteiger charge is 2.17. The van der Waals surface area contributed by atoms with Gasteiger partial charge in [0.15, 0.2) is 0 Å². The van der Waals surface area contributed by atoms with Crippen molar-refractivity contribution in [1.29, 1.82) is 0 Å². The maximum atomic E-state index is 12.3. The largest absolute Gasteiger partial charge is 0.370 e. The minimum atomic E-state index is -0.168. The topological polar surface area (TPSA) is 57.3 Å². The Hall–Kier alpha value is -1.33. The highest BCUT2D eigenvalue weighted by atomic mass is 35.5. The van der Waals surface area contributed by atoms with Crippen LogP contribution in [-0.2, 0) is 0 Å². The van der Waals surface area contributed by atoms with Crippen molar-refractivity contribution in [3.63, 3.8) is 0 Å². The van der Waals surface area contributed by atoms with E-state index in [-0.39, 0.29) is 5.91 Å². The number of hydrogen-bond donors (Lipinski definition) is 2. The Balaban J connectivity index is 2.03. The molecular formula is C14H21ClN4O. The molecule has 6 heteroatoms. The van der Waals surface area contributed by atoms with E-state index in [0.717, 1.165) is 38.9 Å². The van der Waals surface area contributed by atoms with E-state index in [1.165, 1.54) is 12.6 Å². The van der Waals surface area contributed by atoms with Crippen molar-refractivity contribution in [2.24, 2.45) is 0 Å². The van der Waals surface area contributed by atoms with Gasteiger partial charge in [-0.3, -0.25) is 10.2 Å². The summed E-state index contributed by atoms with van der Waals surface area (Å²) in [7, 11) is 0. The van der Waals surface area contributed by atoms with E-state index in [9.17, 15) is 4.79 Å². The lowest BCUT2D eigenvalue weighted by atomic mass is 10.2. The number of nitrogens with zero attached hydrogens (tertiary/aromatic N) is 2. The van der Waals surface area contributed by atoms with Gasteiger partial charge < -0.3 is 5.32 Å². The Kier molecular flexibility index (Phi) is 5.61. The molecule has 110 valence electrons. The predicted octanol–water partition coefficient (Wildman–Crippen LogP) is 2.69. The number of hydrogen-bond acceptors (Lipinski definition) is 4. The molecule has 1 fully saturated rings. The van der Waals surface area contributed by atoms with Crippen molar-refractivity contribution in [2.45, 2.75) is 32.6 Å². The van der Waals surface area contributed by atoms with Crippen molar-refractivity contribution in [1.82, 2.24) is 15.4 Å². The molecule has 0 spiro atoms. The third kappa shape index (κ3) is 4.08. The zero-order chi connectivity index (χ0) is 14.4. The van der Waals surface area contributed by atoms with Crippen LogP contribution in [0.3, 0.4) is 0 Å². The molecule has 5 nitrogen and oxygen atoms in total. The maximum absolute atomic E-state index is 12.3. The monoisotopic (exact) mass is 296 g/mol. The molecule has 0 bridgehead atoms. The maximum Gasteiger partial charge on any atom is 0.267 e. The van der Waals surface area contributed by atoms with E-state index in [2.05, 4.69) is 22.7 Å². The summed E-state index contributed by atoms with van der Waals surface area (Å²) in [6.45, 7) is 4.69. The molecule has 1 aliphatic rings. The summed E-state index contributed by atoms with van der Waals surface area (Å²) in [5.41, 5.74) is 3.38. The van der Waals surface area contributed by atoms with Crippen LogP contribution in [0.2, 0.25) is 5.02 Å². The van der Waals surface area contributed by atoms with Gasteiger partial charge in [0.05, 0.1) is 10.6 Å². The first-order valence-corrected chi connectivity index (χ1v) is 7.54. The molecule has 1 aliphatic heterocycles. The summed E-state index contributed by atoms with van der Waals surface area (Å²) < 4.78 is 0. The number of halogens is 1. The third-order valence-corrected chi connectivity index (χ3v) is 3.57. The summed E-state index contributed by atoms with van der Waals surface area (Å²) in [6, 6.07) is 1.71. The molecule has 2 N–H and O–H groups in total. The smallest absolute Gasteiger partial charge is 0.267 e. The van der Waals surface area contributed by atoms with Crippen LogP contribution >= 0.6 is 11.6 Å². The number of hydrazine groups is 1. The van der Waals surface area contributed by atoms with Crippen LogP contribution in [0.5, 0.6) is 0 Å². The number of rotatable bonds is 5. The van der Waals surface area contributed by atoms with Gasteiger partial charge in [-0.25, -0.2) is 9.99 Å². The van der Waals surface area contributed by atoms with Crippen LogP contribution in [0.25, 0.3) is 0 Å². The average Bonchev–Trinajstić information content (AvgIpc) is 2.47. The van der Waals surface area contributed by atoms with Crippen molar-refractivity contribution >= 4 is 23.3 Å². The first-order chi connectivity index (χ1) is 9.70. The van der Waals surface area contributed by atoms with E-state index in [4.69, 9.17) is 11.6 Å². The minimum absolute atomic E-state index is 0.168. The number of carbonyl (C=O) groups is 1. The summed E-state index contributed by atoms with van der Waals surface area (Å²) >= 11 is 6.07. The Labute approximate surface area is 124 Å². The number of aromatic nitrogens is 1. The van der Waals surface area contributed by atoms with Crippen molar-refractivity contribution in [3.8, 4) is 0 Å². The number of carbonyl (C=O) groups excluding carboxylic acids is 1. The van der Waals surface area contributed by atoms with Crippen molar-refractivity contribution in [2.75, 3.05) is 25.0 Å². The zero-order valence-electron chi connectivity index (χ0n) is 11.8. The fourth-order valence-corrected chi connectivity index (χ4v) is 2.36. The highest BCUT2D eigenvalue weighted by Crippen LogP contribution is 2.18. The standard InChI is InChI=1S/C14H21ClN4O/c1-2-6-16-13-9-11(12(15)10-17-13)14(20)18-19-7-4-3-5-8-19/h9-10H,2-8H2,1H3,(H,16,17)(H,18,20). The summed E-state index contributed by atoms with van der Waals surface area (Å²) in [6.07, 6.45) is 5.99. The molecule has 1 saturated heterocycles. The fraction of sp³-hybridized carbons (Fsp3) is 0.571. The lowest BCUT2D eigenvalue weighted by Crippen LogP contribution is -2.45. The van der Waals surface area contributed by atoms with E-state index in [1.807, 2.05) is 5.01 Å². The molecular weight excluding hydrogens is 276 g/mol. The molecule has 0 aliphatic carbocycles. The van der Waals surface area contributed by atoms with Gasteiger partial charge >= 0.3 is 0 Å². The first-order valence-electron chi connectivity index (χ1n) is 7.16. The predicted molar refractivity (Wildman–Crippen MR) is 80.9 cm³/mol. The van der Waals surface area contributed by atoms with Crippen LogP contribution < -0.4 is 10.7 Å². The highest BCUT2D eigenvalue weighted by molar-refractivity contribution is 6.33. The van der Waals surface area contributed by atoms with Gasteiger partial charge in [-0.1, -0.05) is 24.9 Å². The van der Waals surface area contributed by atoms with Gasteiger partial charge in [0, 0.05) is 25.8 Å². The molecule has 20 heavy (non-hydrogen) atoms. The quantitative estimate of drug-likeness (QED) is 0.877. The summed E-state index contributed by atoms with van der Waals surface area (Å²) in [4.78, 5) is 16.4. The molecule has 0 unspecified atom stereocenters. The lowest BCUT2D eigenvalue weighted by molar-refractivity contribution is 0.0750. The first kappa shape index (κ1) is 15.1. The number of piperidine rings is 1. The molecule has 1 amide bonds. The fourth-order valence-electron chi connectivity index (χ4n) is 2.17. The van der Waals surface area contributed by atoms with E-state index in [1.54, 1.807) is 6.07 Å². The second-order valence-electron chi connectivity index (χ2n) is 4.96. The van der Waals surface area contributed by atoms with E-state index in [0.29, 0.717) is 16.4 Å². The van der Waals surface area contributed by atoms with E-state index < -0.39 is 0 Å². The molecule has 2 heterocycles. The second-order valence-corrected chi connectivity index (χ2v) is 5.37. The van der Waals surface area contributed by atoms with Crippen LogP contribution in [-0.4, -0.2) is 35.5 Å². The Bertz CT molecular complexity index is 460. The third-order valence-electron chi connectivity index (χ3n) is 3.27. The SMILES string of the molecule is CCCNc1cc(C(=O)NN2CCCCC2)c(Cl)cn1.